The van der Waals surface area contributed by atoms with Gasteiger partial charge in [0, 0.05) is 29.8 Å². The van der Waals surface area contributed by atoms with Crippen molar-refractivity contribution in [1.82, 2.24) is 5.32 Å². The van der Waals surface area contributed by atoms with Gasteiger partial charge in [-0.3, -0.25) is 9.59 Å². The first kappa shape index (κ1) is 20.3. The second-order valence-corrected chi connectivity index (χ2v) is 6.76. The molecule has 2 amide bonds. The van der Waals surface area contributed by atoms with E-state index in [-0.39, 0.29) is 42.8 Å². The minimum atomic E-state index is -0.154. The van der Waals surface area contributed by atoms with E-state index in [1.807, 2.05) is 0 Å². The first-order valence-electron chi connectivity index (χ1n) is 8.72. The largest absolute Gasteiger partial charge is 0.493 e. The number of carbonyl (C=O) groups is 2. The number of benzene rings is 1. The maximum atomic E-state index is 12.3. The predicted octanol–water partition coefficient (Wildman–Crippen LogP) is 1.84. The van der Waals surface area contributed by atoms with Gasteiger partial charge in [0.25, 0.3) is 5.91 Å². The zero-order valence-electron chi connectivity index (χ0n) is 14.8. The fourth-order valence-corrected chi connectivity index (χ4v) is 3.01. The molecule has 0 aliphatic heterocycles. The van der Waals surface area contributed by atoms with Crippen LogP contribution in [-0.4, -0.2) is 37.6 Å². The first-order valence-corrected chi connectivity index (χ1v) is 8.72. The molecule has 144 valence electrons. The maximum Gasteiger partial charge on any atom is 0.258 e. The highest BCUT2D eigenvalue weighted by Crippen LogP contribution is 2.31. The summed E-state index contributed by atoms with van der Waals surface area (Å²) in [7, 11) is 1.53. The monoisotopic (exact) mass is 383 g/mol. The summed E-state index contributed by atoms with van der Waals surface area (Å²) in [5.41, 5.74) is 6.49. The molecule has 0 heterocycles. The van der Waals surface area contributed by atoms with Crippen LogP contribution in [0.2, 0.25) is 0 Å². The Morgan fingerprint density at radius 3 is 2.58 bits per heavy atom. The Balaban J connectivity index is 0.00000243. The van der Waals surface area contributed by atoms with Crippen LogP contribution in [0.5, 0.6) is 11.5 Å². The van der Waals surface area contributed by atoms with Crippen LogP contribution >= 0.6 is 12.4 Å². The summed E-state index contributed by atoms with van der Waals surface area (Å²) in [5.74, 6) is 0.703. The summed E-state index contributed by atoms with van der Waals surface area (Å²) in [6.07, 6.45) is 4.47. The van der Waals surface area contributed by atoms with Crippen molar-refractivity contribution in [3.05, 3.63) is 18.2 Å². The van der Waals surface area contributed by atoms with Gasteiger partial charge < -0.3 is 25.8 Å². The Morgan fingerprint density at radius 2 is 1.96 bits per heavy atom. The lowest BCUT2D eigenvalue weighted by Crippen LogP contribution is -2.30. The molecule has 26 heavy (non-hydrogen) atoms. The molecule has 2 saturated carbocycles. The second-order valence-electron chi connectivity index (χ2n) is 6.76. The molecule has 0 spiro atoms. The smallest absolute Gasteiger partial charge is 0.258 e. The Morgan fingerprint density at radius 1 is 1.19 bits per heavy atom. The fraction of sp³-hybridized carbons (Fsp3) is 0.556. The van der Waals surface area contributed by atoms with E-state index in [4.69, 9.17) is 15.2 Å². The summed E-state index contributed by atoms with van der Waals surface area (Å²) in [6, 6.07) is 5.54. The second kappa shape index (κ2) is 9.09. The van der Waals surface area contributed by atoms with Crippen molar-refractivity contribution in [2.45, 2.75) is 44.2 Å². The highest BCUT2D eigenvalue weighted by molar-refractivity contribution is 5.93. The lowest BCUT2D eigenvalue weighted by Gasteiger charge is -2.14. The molecule has 2 aliphatic carbocycles. The minimum absolute atomic E-state index is 0. The molecular weight excluding hydrogens is 358 g/mol. The van der Waals surface area contributed by atoms with Crippen molar-refractivity contribution >= 4 is 29.9 Å². The van der Waals surface area contributed by atoms with Crippen molar-refractivity contribution < 1.29 is 19.1 Å². The summed E-state index contributed by atoms with van der Waals surface area (Å²) >= 11 is 0. The Labute approximate surface area is 159 Å². The average Bonchev–Trinajstić information content (AvgIpc) is 3.30. The molecule has 2 aliphatic rings. The third-order valence-corrected chi connectivity index (χ3v) is 4.58. The average molecular weight is 384 g/mol. The van der Waals surface area contributed by atoms with E-state index in [0.717, 1.165) is 25.7 Å². The van der Waals surface area contributed by atoms with Crippen LogP contribution in [-0.2, 0) is 9.59 Å². The lowest BCUT2D eigenvalue weighted by molar-refractivity contribution is -0.123. The van der Waals surface area contributed by atoms with Gasteiger partial charge in [-0.15, -0.1) is 12.4 Å². The Bertz CT molecular complexity index is 651. The number of nitrogens with two attached hydrogens (primary N) is 1. The van der Waals surface area contributed by atoms with Gasteiger partial charge in [-0.1, -0.05) is 0 Å². The topological polar surface area (TPSA) is 103 Å². The Hall–Kier alpha value is -1.99. The van der Waals surface area contributed by atoms with Gasteiger partial charge in [-0.25, -0.2) is 0 Å². The van der Waals surface area contributed by atoms with Crippen LogP contribution in [0.3, 0.4) is 0 Å². The van der Waals surface area contributed by atoms with Gasteiger partial charge in [0.1, 0.15) is 0 Å². The van der Waals surface area contributed by atoms with E-state index in [1.165, 1.54) is 7.11 Å². The molecule has 2 atom stereocenters. The molecule has 0 saturated heterocycles. The van der Waals surface area contributed by atoms with Crippen molar-refractivity contribution in [1.29, 1.82) is 0 Å². The SMILES string of the molecule is COc1ccc(NC(=O)C2CCC(N)C2)cc1OCC(=O)NC1CC1.Cl. The Kier molecular flexibility index (Phi) is 7.11. The molecule has 2 unspecified atom stereocenters. The first-order chi connectivity index (χ1) is 12.0. The zero-order valence-corrected chi connectivity index (χ0v) is 15.6. The number of hydrogen-bond acceptors (Lipinski definition) is 5. The fourth-order valence-electron chi connectivity index (χ4n) is 3.01. The number of halogens is 1. The quantitative estimate of drug-likeness (QED) is 0.666. The van der Waals surface area contributed by atoms with Crippen LogP contribution in [0.1, 0.15) is 32.1 Å². The number of methoxy groups -OCH3 is 1. The van der Waals surface area contributed by atoms with Crippen molar-refractivity contribution in [2.75, 3.05) is 19.0 Å². The van der Waals surface area contributed by atoms with Gasteiger partial charge in [0.05, 0.1) is 7.11 Å². The number of anilines is 1. The van der Waals surface area contributed by atoms with Crippen LogP contribution in [0.15, 0.2) is 18.2 Å². The van der Waals surface area contributed by atoms with Gasteiger partial charge in [0.15, 0.2) is 18.1 Å². The van der Waals surface area contributed by atoms with E-state index in [1.54, 1.807) is 18.2 Å². The highest BCUT2D eigenvalue weighted by atomic mass is 35.5. The molecule has 0 radical (unpaired) electrons. The molecule has 1 aromatic carbocycles. The van der Waals surface area contributed by atoms with Gasteiger partial charge >= 0.3 is 0 Å². The normalized spacial score (nSPS) is 21.5. The van der Waals surface area contributed by atoms with Gasteiger partial charge in [0.2, 0.25) is 5.91 Å². The molecule has 2 fully saturated rings. The molecule has 7 nitrogen and oxygen atoms in total. The molecule has 8 heteroatoms. The lowest BCUT2D eigenvalue weighted by atomic mass is 10.1. The van der Waals surface area contributed by atoms with E-state index in [9.17, 15) is 9.59 Å². The summed E-state index contributed by atoms with van der Waals surface area (Å²) in [6.45, 7) is -0.0816. The third kappa shape index (κ3) is 5.51. The third-order valence-electron chi connectivity index (χ3n) is 4.58. The number of rotatable bonds is 7. The number of amides is 2. The van der Waals surface area contributed by atoms with Crippen LogP contribution in [0.25, 0.3) is 0 Å². The van der Waals surface area contributed by atoms with E-state index >= 15 is 0 Å². The van der Waals surface area contributed by atoms with Crippen molar-refractivity contribution in [3.63, 3.8) is 0 Å². The van der Waals surface area contributed by atoms with Gasteiger partial charge in [-0.2, -0.15) is 0 Å². The predicted molar refractivity (Wildman–Crippen MR) is 101 cm³/mol. The highest BCUT2D eigenvalue weighted by Gasteiger charge is 2.28. The van der Waals surface area contributed by atoms with E-state index < -0.39 is 0 Å². The number of ether oxygens (including phenoxy) is 2. The number of nitrogens with one attached hydrogen (secondary N) is 2. The van der Waals surface area contributed by atoms with Crippen LogP contribution in [0.4, 0.5) is 5.69 Å². The van der Waals surface area contributed by atoms with Crippen LogP contribution < -0.4 is 25.8 Å². The van der Waals surface area contributed by atoms with Gasteiger partial charge in [-0.05, 0) is 44.2 Å². The standard InChI is InChI=1S/C18H25N3O4.ClH/c1-24-15-7-6-14(21-18(23)11-2-3-12(19)8-11)9-16(15)25-10-17(22)20-13-4-5-13;/h6-7,9,11-13H,2-5,8,10,19H2,1H3,(H,20,22)(H,21,23);1H. The number of hydrogen-bond donors (Lipinski definition) is 3. The van der Waals surface area contributed by atoms with E-state index in [2.05, 4.69) is 10.6 Å². The molecular formula is C18H26ClN3O4. The molecule has 4 N–H and O–H groups in total. The summed E-state index contributed by atoms with van der Waals surface area (Å²) < 4.78 is 10.8. The summed E-state index contributed by atoms with van der Waals surface area (Å²) in [4.78, 5) is 24.1. The van der Waals surface area contributed by atoms with Crippen molar-refractivity contribution in [3.8, 4) is 11.5 Å². The molecule has 0 bridgehead atoms. The maximum absolute atomic E-state index is 12.3. The molecule has 3 rings (SSSR count). The zero-order chi connectivity index (χ0) is 17.8. The minimum Gasteiger partial charge on any atom is -0.493 e. The van der Waals surface area contributed by atoms with E-state index in [0.29, 0.717) is 29.6 Å². The number of carbonyl (C=O) groups excluding carboxylic acids is 2. The summed E-state index contributed by atoms with van der Waals surface area (Å²) in [5, 5.41) is 5.76. The molecule has 0 aromatic heterocycles. The van der Waals surface area contributed by atoms with Crippen molar-refractivity contribution in [2.24, 2.45) is 11.7 Å². The van der Waals surface area contributed by atoms with Crippen LogP contribution in [0, 0.1) is 5.92 Å². The molecule has 1 aromatic rings.